The van der Waals surface area contributed by atoms with Gasteiger partial charge in [-0.25, -0.2) is 13.9 Å². The van der Waals surface area contributed by atoms with Crippen molar-refractivity contribution in [1.82, 2.24) is 19.9 Å². The first-order valence-electron chi connectivity index (χ1n) is 9.86. The number of thioether (sulfide) groups is 1. The summed E-state index contributed by atoms with van der Waals surface area (Å²) in [6.45, 7) is 3.47. The molecule has 0 saturated carbocycles. The van der Waals surface area contributed by atoms with Gasteiger partial charge in [0.1, 0.15) is 23.3 Å². The molecule has 0 radical (unpaired) electrons. The van der Waals surface area contributed by atoms with Crippen LogP contribution in [-0.2, 0) is 20.6 Å². The number of nitrogens with one attached hydrogen (secondary N) is 1. The Bertz CT molecular complexity index is 1170. The van der Waals surface area contributed by atoms with Gasteiger partial charge < -0.3 is 9.26 Å². The molecule has 0 spiro atoms. The van der Waals surface area contributed by atoms with Crippen LogP contribution in [0.2, 0.25) is 0 Å². The minimum Gasteiger partial charge on any atom is -0.457 e. The Labute approximate surface area is 196 Å². The number of hydroxylamine groups is 1. The van der Waals surface area contributed by atoms with Gasteiger partial charge in [-0.2, -0.15) is 16.1 Å². The van der Waals surface area contributed by atoms with E-state index in [1.54, 1.807) is 49.9 Å². The fraction of sp³-hybridized carbons (Fsp3) is 0.286. The highest BCUT2D eigenvalue weighted by atomic mass is 32.2. The highest BCUT2D eigenvalue weighted by Gasteiger charge is 2.37. The van der Waals surface area contributed by atoms with Crippen molar-refractivity contribution in [1.29, 1.82) is 0 Å². The number of nitrogens with zero attached hydrogens (tertiary/aromatic N) is 3. The minimum atomic E-state index is -4.06. The number of aryl methyl sites for hydroxylation is 1. The van der Waals surface area contributed by atoms with Gasteiger partial charge in [0.05, 0.1) is 10.6 Å². The Morgan fingerprint density at radius 2 is 1.85 bits per heavy atom. The Balaban J connectivity index is 1.76. The van der Waals surface area contributed by atoms with Gasteiger partial charge in [-0.1, -0.05) is 12.1 Å². The predicted molar refractivity (Wildman–Crippen MR) is 121 cm³/mol. The van der Waals surface area contributed by atoms with Gasteiger partial charge in [0.2, 0.25) is 10.0 Å². The van der Waals surface area contributed by atoms with Crippen LogP contribution in [0.15, 0.2) is 64.3 Å². The molecular weight excluding hydrogens is 468 g/mol. The second kappa shape index (κ2) is 10.8. The summed E-state index contributed by atoms with van der Waals surface area (Å²) in [5.41, 5.74) is 2.24. The van der Waals surface area contributed by atoms with Gasteiger partial charge >= 0.3 is 0 Å². The zero-order chi connectivity index (χ0) is 24.0. The number of pyridine rings is 1. The van der Waals surface area contributed by atoms with Crippen LogP contribution in [0.5, 0.6) is 11.5 Å². The van der Waals surface area contributed by atoms with Crippen molar-refractivity contribution in [2.75, 3.05) is 7.05 Å². The molecule has 3 aromatic rings. The van der Waals surface area contributed by atoms with E-state index in [9.17, 15) is 18.4 Å². The average molecular weight is 493 g/mol. The molecule has 176 valence electrons. The lowest BCUT2D eigenvalue weighted by Crippen LogP contribution is -2.51. The predicted octanol–water partition coefficient (Wildman–Crippen LogP) is 2.99. The molecule has 2 heterocycles. The molecular formula is C21H24N4O6S2. The highest BCUT2D eigenvalue weighted by molar-refractivity contribution is 7.99. The third-order valence-corrected chi connectivity index (χ3v) is 7.87. The Morgan fingerprint density at radius 3 is 2.42 bits per heavy atom. The van der Waals surface area contributed by atoms with E-state index in [2.05, 4.69) is 10.1 Å². The Hall–Kier alpha value is -2.93. The average Bonchev–Trinajstić information content (AvgIpc) is 3.23. The van der Waals surface area contributed by atoms with E-state index in [1.807, 2.05) is 0 Å². The lowest BCUT2D eigenvalue weighted by molar-refractivity contribution is -0.132. The first-order chi connectivity index (χ1) is 15.7. The topological polar surface area (TPSA) is 135 Å². The summed E-state index contributed by atoms with van der Waals surface area (Å²) in [4.78, 5) is 16.3. The standard InChI is InChI=1S/C21H24N4O6S2/c1-14-12-16(24-31-14)13-32-15(2)20(21(26)23-27)25(3)33(28,29)19-6-4-17(5-7-19)30-18-8-10-22-11-9-18/h4-12,15,20,27H,13H2,1-3H3,(H,23,26)/t15-,20?/m1/s1. The molecule has 1 unspecified atom stereocenters. The fourth-order valence-corrected chi connectivity index (χ4v) is 5.60. The summed E-state index contributed by atoms with van der Waals surface area (Å²) in [5.74, 6) is 1.22. The maximum absolute atomic E-state index is 13.2. The molecule has 1 aromatic carbocycles. The van der Waals surface area contributed by atoms with Crippen molar-refractivity contribution in [2.24, 2.45) is 0 Å². The molecule has 0 fully saturated rings. The number of sulfonamides is 1. The van der Waals surface area contributed by atoms with Gasteiger partial charge in [-0.05, 0) is 43.3 Å². The van der Waals surface area contributed by atoms with Crippen LogP contribution in [0.25, 0.3) is 0 Å². The smallest absolute Gasteiger partial charge is 0.262 e. The third-order valence-electron chi connectivity index (χ3n) is 4.77. The summed E-state index contributed by atoms with van der Waals surface area (Å²) < 4.78 is 38.1. The summed E-state index contributed by atoms with van der Waals surface area (Å²) in [6.07, 6.45) is 3.16. The molecule has 0 saturated heterocycles. The number of likely N-dealkylation sites (N-methyl/N-ethyl adjacent to an activating group) is 1. The van der Waals surface area contributed by atoms with Crippen molar-refractivity contribution in [2.45, 2.75) is 35.8 Å². The van der Waals surface area contributed by atoms with Crippen LogP contribution in [-0.4, -0.2) is 52.3 Å². The zero-order valence-electron chi connectivity index (χ0n) is 18.2. The van der Waals surface area contributed by atoms with E-state index in [1.165, 1.54) is 43.1 Å². The van der Waals surface area contributed by atoms with Gasteiger partial charge in [-0.15, -0.1) is 0 Å². The molecule has 33 heavy (non-hydrogen) atoms. The fourth-order valence-electron chi connectivity index (χ4n) is 3.07. The lowest BCUT2D eigenvalue weighted by Gasteiger charge is -2.30. The maximum Gasteiger partial charge on any atom is 0.262 e. The van der Waals surface area contributed by atoms with E-state index >= 15 is 0 Å². The minimum absolute atomic E-state index is 0.0212. The van der Waals surface area contributed by atoms with Gasteiger partial charge in [0.15, 0.2) is 0 Å². The molecule has 0 aliphatic heterocycles. The first kappa shape index (κ1) is 24.7. The van der Waals surface area contributed by atoms with E-state index < -0.39 is 27.2 Å². The number of ether oxygens (including phenoxy) is 1. The van der Waals surface area contributed by atoms with Crippen molar-refractivity contribution in [3.63, 3.8) is 0 Å². The largest absolute Gasteiger partial charge is 0.457 e. The number of carbonyl (C=O) groups excluding carboxylic acids is 1. The van der Waals surface area contributed by atoms with Crippen LogP contribution < -0.4 is 10.2 Å². The van der Waals surface area contributed by atoms with Crippen molar-refractivity contribution in [3.8, 4) is 11.5 Å². The lowest BCUT2D eigenvalue weighted by atomic mass is 10.2. The summed E-state index contributed by atoms with van der Waals surface area (Å²) in [5, 5.41) is 12.6. The molecule has 0 aliphatic carbocycles. The molecule has 2 atom stereocenters. The summed E-state index contributed by atoms with van der Waals surface area (Å²) >= 11 is 1.31. The Morgan fingerprint density at radius 1 is 1.21 bits per heavy atom. The van der Waals surface area contributed by atoms with Crippen molar-refractivity contribution in [3.05, 3.63) is 66.3 Å². The molecule has 2 N–H and O–H groups in total. The van der Waals surface area contributed by atoms with E-state index in [0.717, 1.165) is 4.31 Å². The molecule has 1 amide bonds. The van der Waals surface area contributed by atoms with Crippen molar-refractivity contribution < 1.29 is 27.7 Å². The van der Waals surface area contributed by atoms with Crippen LogP contribution in [0.4, 0.5) is 0 Å². The second-order valence-corrected chi connectivity index (χ2v) is 10.5. The molecule has 12 heteroatoms. The van der Waals surface area contributed by atoms with Gasteiger partial charge in [0.25, 0.3) is 5.91 Å². The number of benzene rings is 1. The number of aromatic nitrogens is 2. The molecule has 0 aliphatic rings. The second-order valence-electron chi connectivity index (χ2n) is 7.14. The van der Waals surface area contributed by atoms with Crippen LogP contribution in [0, 0.1) is 6.92 Å². The quantitative estimate of drug-likeness (QED) is 0.323. The van der Waals surface area contributed by atoms with E-state index in [0.29, 0.717) is 28.7 Å². The molecule has 0 bridgehead atoms. The number of hydrogen-bond donors (Lipinski definition) is 2. The summed E-state index contributed by atoms with van der Waals surface area (Å²) in [6, 6.07) is 9.77. The van der Waals surface area contributed by atoms with Crippen LogP contribution in [0.1, 0.15) is 18.4 Å². The third kappa shape index (κ3) is 6.11. The highest BCUT2D eigenvalue weighted by Crippen LogP contribution is 2.28. The summed E-state index contributed by atoms with van der Waals surface area (Å²) in [7, 11) is -2.76. The first-order valence-corrected chi connectivity index (χ1v) is 12.3. The SMILES string of the molecule is Cc1cc(CS[C@H](C)C(C(=O)NO)N(C)S(=O)(=O)c2ccc(Oc3ccncc3)cc2)no1. The molecule has 3 rings (SSSR count). The molecule has 2 aromatic heterocycles. The van der Waals surface area contributed by atoms with Gasteiger partial charge in [0, 0.05) is 36.5 Å². The van der Waals surface area contributed by atoms with E-state index in [4.69, 9.17) is 9.26 Å². The van der Waals surface area contributed by atoms with E-state index in [-0.39, 0.29) is 4.90 Å². The number of hydrogen-bond acceptors (Lipinski definition) is 9. The zero-order valence-corrected chi connectivity index (χ0v) is 19.8. The Kier molecular flexibility index (Phi) is 8.08. The van der Waals surface area contributed by atoms with Gasteiger partial charge in [-0.3, -0.25) is 15.0 Å². The number of amides is 1. The monoisotopic (exact) mass is 492 g/mol. The van der Waals surface area contributed by atoms with Crippen LogP contribution in [0.3, 0.4) is 0 Å². The number of carbonyl (C=O) groups is 1. The number of rotatable bonds is 10. The molecule has 10 nitrogen and oxygen atoms in total. The van der Waals surface area contributed by atoms with Crippen LogP contribution >= 0.6 is 11.8 Å². The van der Waals surface area contributed by atoms with Crippen molar-refractivity contribution >= 4 is 27.7 Å². The normalized spacial score (nSPS) is 13.5. The maximum atomic E-state index is 13.2.